The van der Waals surface area contributed by atoms with Crippen LogP contribution in [0.4, 0.5) is 0 Å². The Morgan fingerprint density at radius 1 is 1.00 bits per heavy atom. The Hall–Kier alpha value is -3.87. The summed E-state index contributed by atoms with van der Waals surface area (Å²) in [4.78, 5) is 15.4. The summed E-state index contributed by atoms with van der Waals surface area (Å²) in [5.41, 5.74) is -2.55. The third kappa shape index (κ3) is 4.50. The summed E-state index contributed by atoms with van der Waals surface area (Å²) < 4.78 is 35.3. The molecule has 3 aromatic rings. The number of hydrogen-bond donors (Lipinski definition) is 3. The van der Waals surface area contributed by atoms with Crippen LogP contribution in [0, 0.1) is 5.92 Å². The maximum atomic E-state index is 13.4. The number of benzene rings is 3. The summed E-state index contributed by atoms with van der Waals surface area (Å²) >= 11 is 0. The van der Waals surface area contributed by atoms with Crippen molar-refractivity contribution in [1.29, 1.82) is 0 Å². The van der Waals surface area contributed by atoms with Crippen LogP contribution in [0.2, 0.25) is 0 Å². The summed E-state index contributed by atoms with van der Waals surface area (Å²) in [6, 6.07) is 19.3. The molecule has 1 saturated heterocycles. The van der Waals surface area contributed by atoms with E-state index in [-0.39, 0.29) is 23.7 Å². The summed E-state index contributed by atoms with van der Waals surface area (Å²) in [6.07, 6.45) is -2.77. The predicted molar refractivity (Wildman–Crippen MR) is 157 cm³/mol. The van der Waals surface area contributed by atoms with Crippen molar-refractivity contribution in [2.45, 2.75) is 35.6 Å². The Morgan fingerprint density at radius 3 is 2.36 bits per heavy atom. The highest BCUT2D eigenvalue weighted by molar-refractivity contribution is 5.78. The molecule has 44 heavy (non-hydrogen) atoms. The molecule has 2 aliphatic heterocycles. The highest BCUT2D eigenvalue weighted by Gasteiger charge is 2.78. The quantitative estimate of drug-likeness (QED) is 0.325. The number of aliphatic hydroxyl groups excluding tert-OH is 2. The first-order valence-corrected chi connectivity index (χ1v) is 14.4. The average Bonchev–Trinajstić information content (AvgIpc) is 3.42. The van der Waals surface area contributed by atoms with E-state index in [9.17, 15) is 20.1 Å². The van der Waals surface area contributed by atoms with Gasteiger partial charge in [0.2, 0.25) is 6.29 Å². The Kier molecular flexibility index (Phi) is 7.93. The molecule has 6 rings (SSSR count). The van der Waals surface area contributed by atoms with E-state index in [4.69, 9.17) is 28.4 Å². The standard InChI is InChI=1S/C33H37NO10/c1-34-16-23(18-35)43-26(17-34)42-22-14-24(40-3)29-25(15-22)44-33(20-10-12-21(39-2)13-11-20)28(19-8-6-5-7-9-19)27(31(37)41-4)30(36)32(29,33)38/h5-15,23,26-28,30,35-36,38H,16-18H2,1-4H3/t23-,26+,27+,28+,30+,32-,33-/m0/s1. The molecule has 234 valence electrons. The fourth-order valence-corrected chi connectivity index (χ4v) is 7.15. The molecule has 3 N–H and O–H groups in total. The molecule has 0 bridgehead atoms. The third-order valence-electron chi connectivity index (χ3n) is 8.99. The van der Waals surface area contributed by atoms with Crippen molar-refractivity contribution in [3.05, 3.63) is 83.4 Å². The Balaban J connectivity index is 1.55. The maximum absolute atomic E-state index is 13.4. The minimum atomic E-state index is -2.18. The number of nitrogens with zero attached hydrogens (tertiary/aromatic N) is 1. The van der Waals surface area contributed by atoms with Crippen LogP contribution in [0.1, 0.15) is 22.6 Å². The van der Waals surface area contributed by atoms with Gasteiger partial charge >= 0.3 is 5.97 Å². The monoisotopic (exact) mass is 607 g/mol. The van der Waals surface area contributed by atoms with Gasteiger partial charge in [0.15, 0.2) is 11.2 Å². The largest absolute Gasteiger partial charge is 0.497 e. The molecule has 1 saturated carbocycles. The number of ether oxygens (including phenoxy) is 6. The van der Waals surface area contributed by atoms with Gasteiger partial charge in [-0.05, 0) is 30.3 Å². The molecule has 2 fully saturated rings. The zero-order valence-electron chi connectivity index (χ0n) is 25.0. The smallest absolute Gasteiger partial charge is 0.312 e. The number of morpholine rings is 1. The molecule has 0 radical (unpaired) electrons. The summed E-state index contributed by atoms with van der Waals surface area (Å²) in [5.74, 6) is -1.48. The van der Waals surface area contributed by atoms with Crippen LogP contribution in [0.3, 0.4) is 0 Å². The van der Waals surface area contributed by atoms with E-state index in [0.717, 1.165) is 0 Å². The summed E-state index contributed by atoms with van der Waals surface area (Å²) in [7, 11) is 6.15. The second-order valence-corrected chi connectivity index (χ2v) is 11.4. The van der Waals surface area contributed by atoms with Gasteiger partial charge < -0.3 is 43.7 Å². The molecular formula is C33H37NO10. The topological polar surface area (TPSA) is 136 Å². The van der Waals surface area contributed by atoms with Crippen LogP contribution in [-0.2, 0) is 25.5 Å². The number of aliphatic hydroxyl groups is 3. The van der Waals surface area contributed by atoms with Crippen molar-refractivity contribution >= 4 is 5.97 Å². The van der Waals surface area contributed by atoms with Gasteiger partial charge in [0.1, 0.15) is 29.1 Å². The van der Waals surface area contributed by atoms with Gasteiger partial charge in [-0.25, -0.2) is 0 Å². The fraction of sp³-hybridized carbons (Fsp3) is 0.424. The van der Waals surface area contributed by atoms with Crippen LogP contribution in [0.5, 0.6) is 23.0 Å². The van der Waals surface area contributed by atoms with E-state index in [2.05, 4.69) is 0 Å². The van der Waals surface area contributed by atoms with E-state index < -0.39 is 47.5 Å². The first kappa shape index (κ1) is 30.2. The van der Waals surface area contributed by atoms with Crippen molar-refractivity contribution in [3.8, 4) is 23.0 Å². The number of esters is 1. The number of carbonyl (C=O) groups is 1. The normalized spacial score (nSPS) is 31.0. The Bertz CT molecular complexity index is 1500. The number of carbonyl (C=O) groups excluding carboxylic acids is 1. The lowest BCUT2D eigenvalue weighted by Gasteiger charge is -2.40. The van der Waals surface area contributed by atoms with Crippen LogP contribution in [-0.4, -0.2) is 92.8 Å². The molecule has 0 aromatic heterocycles. The van der Waals surface area contributed by atoms with Gasteiger partial charge in [0, 0.05) is 24.6 Å². The van der Waals surface area contributed by atoms with Gasteiger partial charge in [0.05, 0.1) is 52.1 Å². The second-order valence-electron chi connectivity index (χ2n) is 11.4. The number of methoxy groups -OCH3 is 3. The van der Waals surface area contributed by atoms with Gasteiger partial charge in [0.25, 0.3) is 0 Å². The molecule has 3 aromatic carbocycles. The van der Waals surface area contributed by atoms with Crippen molar-refractivity contribution in [2.24, 2.45) is 5.92 Å². The van der Waals surface area contributed by atoms with Gasteiger partial charge in [-0.15, -0.1) is 0 Å². The third-order valence-corrected chi connectivity index (χ3v) is 8.99. The van der Waals surface area contributed by atoms with Crippen molar-refractivity contribution in [3.63, 3.8) is 0 Å². The predicted octanol–water partition coefficient (Wildman–Crippen LogP) is 2.15. The van der Waals surface area contributed by atoms with Gasteiger partial charge in [-0.2, -0.15) is 0 Å². The van der Waals surface area contributed by atoms with E-state index in [1.165, 1.54) is 14.2 Å². The van der Waals surface area contributed by atoms with Gasteiger partial charge in [-0.3, -0.25) is 9.69 Å². The number of rotatable bonds is 8. The zero-order chi connectivity index (χ0) is 31.2. The Labute approximate surface area is 255 Å². The number of fused-ring (bicyclic) bond motifs is 3. The summed E-state index contributed by atoms with van der Waals surface area (Å²) in [6.45, 7) is 0.856. The second kappa shape index (κ2) is 11.6. The first-order chi connectivity index (χ1) is 21.2. The average molecular weight is 608 g/mol. The molecule has 2 heterocycles. The molecule has 11 nitrogen and oxygen atoms in total. The molecule has 7 atom stereocenters. The highest BCUT2D eigenvalue weighted by atomic mass is 16.7. The van der Waals surface area contributed by atoms with E-state index >= 15 is 0 Å². The maximum Gasteiger partial charge on any atom is 0.312 e. The molecule has 11 heteroatoms. The van der Waals surface area contributed by atoms with Gasteiger partial charge in [-0.1, -0.05) is 42.5 Å². The SMILES string of the molecule is COC(=O)[C@H]1[C@@H](O)[C@@]2(O)c3c(OC)cc(O[C@H]4CN(C)C[C@@H](CO)O4)cc3O[C@@]2(c2ccc(OC)cc2)[C@@H]1c1ccccc1. The lowest BCUT2D eigenvalue weighted by atomic mass is 9.70. The molecule has 0 unspecified atom stereocenters. The molecule has 1 aliphatic carbocycles. The van der Waals surface area contributed by atoms with Crippen LogP contribution >= 0.6 is 0 Å². The van der Waals surface area contributed by atoms with Crippen molar-refractivity contribution in [1.82, 2.24) is 4.90 Å². The van der Waals surface area contributed by atoms with Crippen molar-refractivity contribution in [2.75, 3.05) is 48.1 Å². The molecular weight excluding hydrogens is 570 g/mol. The minimum absolute atomic E-state index is 0.154. The first-order valence-electron chi connectivity index (χ1n) is 14.4. The lowest BCUT2D eigenvalue weighted by Crippen LogP contribution is -2.52. The summed E-state index contributed by atoms with van der Waals surface area (Å²) in [5, 5.41) is 34.7. The van der Waals surface area contributed by atoms with E-state index in [1.54, 1.807) is 43.5 Å². The molecule has 3 aliphatic rings. The molecule has 0 amide bonds. The van der Waals surface area contributed by atoms with E-state index in [1.807, 2.05) is 42.3 Å². The van der Waals surface area contributed by atoms with E-state index in [0.29, 0.717) is 35.7 Å². The Morgan fingerprint density at radius 2 is 1.73 bits per heavy atom. The molecule has 0 spiro atoms. The number of likely N-dealkylation sites (N-methyl/N-ethyl adjacent to an activating group) is 1. The van der Waals surface area contributed by atoms with Crippen LogP contribution < -0.4 is 18.9 Å². The van der Waals surface area contributed by atoms with Crippen LogP contribution in [0.25, 0.3) is 0 Å². The fourth-order valence-electron chi connectivity index (χ4n) is 7.15. The highest BCUT2D eigenvalue weighted by Crippen LogP contribution is 2.70. The van der Waals surface area contributed by atoms with Crippen LogP contribution in [0.15, 0.2) is 66.7 Å². The zero-order valence-corrected chi connectivity index (χ0v) is 25.0. The number of hydrogen-bond acceptors (Lipinski definition) is 11. The lowest BCUT2D eigenvalue weighted by molar-refractivity contribution is -0.175. The van der Waals surface area contributed by atoms with Crippen molar-refractivity contribution < 1.29 is 48.5 Å². The minimum Gasteiger partial charge on any atom is -0.497 e.